The molecule has 7 heteroatoms. The van der Waals surface area contributed by atoms with E-state index in [1.165, 1.54) is 0 Å². The van der Waals surface area contributed by atoms with Crippen molar-refractivity contribution in [2.45, 2.75) is 6.92 Å². The van der Waals surface area contributed by atoms with Gasteiger partial charge in [0.25, 0.3) is 0 Å². The summed E-state index contributed by atoms with van der Waals surface area (Å²) < 4.78 is 3.21. The van der Waals surface area contributed by atoms with Gasteiger partial charge in [0, 0.05) is 11.1 Å². The highest BCUT2D eigenvalue weighted by Gasteiger charge is 2.30. The predicted octanol–water partition coefficient (Wildman–Crippen LogP) is 5.61. The molecule has 156 valence electrons. The SMILES string of the molecule is Cc1nn(-c2ccccc2)c(-n2nc(-c3ccccc3)cc2-c2ccccc2)c1[N+](=O)[O-]. The van der Waals surface area contributed by atoms with E-state index in [9.17, 15) is 10.1 Å². The molecule has 0 aliphatic carbocycles. The van der Waals surface area contributed by atoms with Gasteiger partial charge in [-0.25, -0.2) is 9.36 Å². The molecule has 32 heavy (non-hydrogen) atoms. The van der Waals surface area contributed by atoms with E-state index < -0.39 is 4.92 Å². The summed E-state index contributed by atoms with van der Waals surface area (Å²) in [5, 5.41) is 21.4. The van der Waals surface area contributed by atoms with Crippen LogP contribution in [0.4, 0.5) is 5.69 Å². The lowest BCUT2D eigenvalue weighted by Gasteiger charge is -2.10. The highest BCUT2D eigenvalue weighted by Crippen LogP contribution is 2.35. The molecule has 0 radical (unpaired) electrons. The smallest absolute Gasteiger partial charge is 0.258 e. The minimum Gasteiger partial charge on any atom is -0.258 e. The Bertz CT molecular complexity index is 1390. The van der Waals surface area contributed by atoms with Crippen molar-refractivity contribution < 1.29 is 4.92 Å². The van der Waals surface area contributed by atoms with Crippen LogP contribution >= 0.6 is 0 Å². The van der Waals surface area contributed by atoms with Crippen LogP contribution in [0.15, 0.2) is 97.1 Å². The molecule has 0 spiro atoms. The van der Waals surface area contributed by atoms with Gasteiger partial charge in [-0.3, -0.25) is 10.1 Å². The van der Waals surface area contributed by atoms with E-state index in [4.69, 9.17) is 5.10 Å². The number of hydrogen-bond donors (Lipinski definition) is 0. The molecule has 0 unspecified atom stereocenters. The first-order valence-corrected chi connectivity index (χ1v) is 10.1. The molecule has 0 N–H and O–H groups in total. The lowest BCUT2D eigenvalue weighted by molar-refractivity contribution is -0.385. The van der Waals surface area contributed by atoms with Gasteiger partial charge in [0.1, 0.15) is 5.69 Å². The highest BCUT2D eigenvalue weighted by atomic mass is 16.6. The molecule has 0 saturated heterocycles. The summed E-state index contributed by atoms with van der Waals surface area (Å²) in [6.07, 6.45) is 0. The van der Waals surface area contributed by atoms with Crippen LogP contribution in [-0.4, -0.2) is 24.5 Å². The Kier molecular flexibility index (Phi) is 4.84. The van der Waals surface area contributed by atoms with Gasteiger partial charge in [0.15, 0.2) is 0 Å². The second-order valence-electron chi connectivity index (χ2n) is 7.32. The summed E-state index contributed by atoms with van der Waals surface area (Å²) in [4.78, 5) is 11.7. The molecule has 0 saturated carbocycles. The van der Waals surface area contributed by atoms with Crippen LogP contribution in [0.25, 0.3) is 34.0 Å². The zero-order chi connectivity index (χ0) is 22.1. The molecule has 0 aliphatic rings. The van der Waals surface area contributed by atoms with Crippen molar-refractivity contribution >= 4 is 5.69 Å². The van der Waals surface area contributed by atoms with Crippen LogP contribution in [0.3, 0.4) is 0 Å². The minimum atomic E-state index is -0.393. The third-order valence-corrected chi connectivity index (χ3v) is 5.24. The average Bonchev–Trinajstić information content (AvgIpc) is 3.42. The van der Waals surface area contributed by atoms with Crippen LogP contribution in [0, 0.1) is 17.0 Å². The molecule has 0 bridgehead atoms. The predicted molar refractivity (Wildman–Crippen MR) is 123 cm³/mol. The van der Waals surface area contributed by atoms with Crippen molar-refractivity contribution in [3.05, 3.63) is 113 Å². The second kappa shape index (κ2) is 7.96. The number of nitrogens with zero attached hydrogens (tertiary/aromatic N) is 5. The molecule has 2 heterocycles. The Morgan fingerprint density at radius 1 is 0.750 bits per heavy atom. The van der Waals surface area contributed by atoms with Crippen molar-refractivity contribution in [1.29, 1.82) is 0 Å². The Labute approximate surface area is 184 Å². The van der Waals surface area contributed by atoms with Crippen LogP contribution in [-0.2, 0) is 0 Å². The van der Waals surface area contributed by atoms with Crippen molar-refractivity contribution in [3.63, 3.8) is 0 Å². The largest absolute Gasteiger partial charge is 0.336 e. The average molecular weight is 421 g/mol. The molecule has 3 aromatic carbocycles. The van der Waals surface area contributed by atoms with E-state index in [2.05, 4.69) is 5.10 Å². The second-order valence-corrected chi connectivity index (χ2v) is 7.32. The quantitative estimate of drug-likeness (QED) is 0.273. The van der Waals surface area contributed by atoms with Gasteiger partial charge in [-0.15, -0.1) is 0 Å². The normalized spacial score (nSPS) is 10.9. The summed E-state index contributed by atoms with van der Waals surface area (Å²) in [7, 11) is 0. The van der Waals surface area contributed by atoms with Gasteiger partial charge in [0.05, 0.1) is 22.0 Å². The zero-order valence-corrected chi connectivity index (χ0v) is 17.3. The fourth-order valence-corrected chi connectivity index (χ4v) is 3.77. The fourth-order valence-electron chi connectivity index (χ4n) is 3.77. The maximum absolute atomic E-state index is 12.1. The fraction of sp³-hybridized carbons (Fsp3) is 0.0400. The summed E-state index contributed by atoms with van der Waals surface area (Å²) in [6.45, 7) is 1.64. The molecular formula is C25H19N5O2. The topological polar surface area (TPSA) is 78.8 Å². The zero-order valence-electron chi connectivity index (χ0n) is 17.3. The lowest BCUT2D eigenvalue weighted by atomic mass is 10.1. The van der Waals surface area contributed by atoms with E-state index in [1.54, 1.807) is 16.3 Å². The molecule has 0 aliphatic heterocycles. The van der Waals surface area contributed by atoms with Crippen LogP contribution in [0.1, 0.15) is 5.69 Å². The van der Waals surface area contributed by atoms with Gasteiger partial charge >= 0.3 is 5.69 Å². The van der Waals surface area contributed by atoms with Gasteiger partial charge in [-0.2, -0.15) is 10.2 Å². The molecule has 2 aromatic heterocycles. The molecule has 0 atom stereocenters. The minimum absolute atomic E-state index is 0.0752. The van der Waals surface area contributed by atoms with E-state index in [0.29, 0.717) is 11.5 Å². The molecule has 0 fully saturated rings. The van der Waals surface area contributed by atoms with Crippen molar-refractivity contribution in [1.82, 2.24) is 19.6 Å². The van der Waals surface area contributed by atoms with E-state index in [0.717, 1.165) is 28.2 Å². The lowest BCUT2D eigenvalue weighted by Crippen LogP contribution is -2.10. The first-order valence-electron chi connectivity index (χ1n) is 10.1. The van der Waals surface area contributed by atoms with Gasteiger partial charge in [0.2, 0.25) is 5.82 Å². The number of benzene rings is 3. The van der Waals surface area contributed by atoms with Crippen molar-refractivity contribution in [3.8, 4) is 34.0 Å². The maximum atomic E-state index is 12.1. The van der Waals surface area contributed by atoms with Crippen LogP contribution in [0.5, 0.6) is 0 Å². The summed E-state index contributed by atoms with van der Waals surface area (Å²) in [6, 6.07) is 30.8. The number of nitro groups is 1. The molecule has 5 rings (SSSR count). The first kappa shape index (κ1) is 19.4. The van der Waals surface area contributed by atoms with Crippen LogP contribution in [0.2, 0.25) is 0 Å². The van der Waals surface area contributed by atoms with Gasteiger partial charge < -0.3 is 0 Å². The molecule has 0 amide bonds. The highest BCUT2D eigenvalue weighted by molar-refractivity contribution is 5.72. The standard InChI is InChI=1S/C25H19N5O2/c1-18-24(30(31)32)25(28(26-18)21-15-9-4-10-16-21)29-23(20-13-7-3-8-14-20)17-22(27-29)19-11-5-2-6-12-19/h2-17H,1H3. The Balaban J connectivity index is 1.83. The van der Waals surface area contributed by atoms with Gasteiger partial charge in [-0.1, -0.05) is 78.9 Å². The third kappa shape index (κ3) is 3.35. The van der Waals surface area contributed by atoms with Crippen LogP contribution < -0.4 is 0 Å². The summed E-state index contributed by atoms with van der Waals surface area (Å²) in [5.41, 5.74) is 4.25. The van der Waals surface area contributed by atoms with E-state index in [-0.39, 0.29) is 5.69 Å². The Morgan fingerprint density at radius 3 is 1.91 bits per heavy atom. The molecular weight excluding hydrogens is 402 g/mol. The van der Waals surface area contributed by atoms with E-state index >= 15 is 0 Å². The third-order valence-electron chi connectivity index (χ3n) is 5.24. The number of rotatable bonds is 5. The monoisotopic (exact) mass is 421 g/mol. The maximum Gasteiger partial charge on any atom is 0.336 e. The number of aryl methyl sites for hydroxylation is 1. The van der Waals surface area contributed by atoms with Crippen molar-refractivity contribution in [2.75, 3.05) is 0 Å². The Hall–Kier alpha value is -4.52. The number of aromatic nitrogens is 4. The molecule has 7 nitrogen and oxygen atoms in total. The number of para-hydroxylation sites is 1. The van der Waals surface area contributed by atoms with Gasteiger partial charge in [-0.05, 0) is 25.1 Å². The number of hydrogen-bond acceptors (Lipinski definition) is 4. The molecule has 5 aromatic rings. The summed E-state index contributed by atoms with van der Waals surface area (Å²) >= 11 is 0. The van der Waals surface area contributed by atoms with E-state index in [1.807, 2.05) is 97.1 Å². The summed E-state index contributed by atoms with van der Waals surface area (Å²) in [5.74, 6) is 0.291. The Morgan fingerprint density at radius 2 is 1.31 bits per heavy atom. The first-order chi connectivity index (χ1) is 15.6. The van der Waals surface area contributed by atoms with Crippen molar-refractivity contribution in [2.24, 2.45) is 0 Å².